The number of aryl methyl sites for hydroxylation is 1. The normalized spacial score (nSPS) is 10.3. The molecule has 0 fully saturated rings. The van der Waals surface area contributed by atoms with Gasteiger partial charge >= 0.3 is 0 Å². The first kappa shape index (κ1) is 14.9. The van der Waals surface area contributed by atoms with Crippen LogP contribution in [-0.2, 0) is 6.61 Å². The average molecular weight is 355 g/mol. The van der Waals surface area contributed by atoms with Gasteiger partial charge in [0.05, 0.1) is 9.50 Å². The van der Waals surface area contributed by atoms with Crippen LogP contribution >= 0.6 is 27.5 Å². The Morgan fingerprint density at radius 2 is 1.95 bits per heavy atom. The van der Waals surface area contributed by atoms with Gasteiger partial charge in [0.15, 0.2) is 5.75 Å². The molecule has 2 aromatic rings. The number of hydrogen-bond acceptors (Lipinski definition) is 2. The van der Waals surface area contributed by atoms with E-state index >= 15 is 0 Å². The van der Waals surface area contributed by atoms with Gasteiger partial charge in [-0.3, -0.25) is 4.79 Å². The number of carbonyl (C=O) groups excluding carboxylic acids is 1. The van der Waals surface area contributed by atoms with E-state index < -0.39 is 5.91 Å². The number of carbonyl (C=O) groups is 1. The van der Waals surface area contributed by atoms with Crippen LogP contribution < -0.4 is 10.5 Å². The number of halogens is 2. The third kappa shape index (κ3) is 3.52. The fraction of sp³-hybridized carbons (Fsp3) is 0.133. The van der Waals surface area contributed by atoms with Crippen molar-refractivity contribution in [1.29, 1.82) is 0 Å². The van der Waals surface area contributed by atoms with Crippen LogP contribution in [0.2, 0.25) is 5.02 Å². The van der Waals surface area contributed by atoms with Gasteiger partial charge in [0.2, 0.25) is 5.91 Å². The average Bonchev–Trinajstić information content (AvgIpc) is 2.39. The van der Waals surface area contributed by atoms with E-state index in [-0.39, 0.29) is 0 Å². The Morgan fingerprint density at radius 3 is 2.50 bits per heavy atom. The summed E-state index contributed by atoms with van der Waals surface area (Å²) in [4.78, 5) is 11.1. The van der Waals surface area contributed by atoms with Gasteiger partial charge in [0.25, 0.3) is 0 Å². The minimum absolute atomic E-state index is 0.338. The molecule has 0 saturated carbocycles. The van der Waals surface area contributed by atoms with Crippen LogP contribution in [0, 0.1) is 6.92 Å². The Morgan fingerprint density at radius 1 is 1.30 bits per heavy atom. The van der Waals surface area contributed by atoms with Gasteiger partial charge in [-0.25, -0.2) is 0 Å². The summed E-state index contributed by atoms with van der Waals surface area (Å²) >= 11 is 9.44. The molecule has 1 amide bonds. The lowest BCUT2D eigenvalue weighted by atomic mass is 10.2. The Balaban J connectivity index is 2.17. The van der Waals surface area contributed by atoms with Crippen molar-refractivity contribution in [3.8, 4) is 5.75 Å². The molecule has 0 aliphatic heterocycles. The van der Waals surface area contributed by atoms with E-state index in [4.69, 9.17) is 22.1 Å². The summed E-state index contributed by atoms with van der Waals surface area (Å²) in [6, 6.07) is 11.1. The molecular formula is C15H13BrClNO2. The zero-order chi connectivity index (χ0) is 14.7. The topological polar surface area (TPSA) is 52.3 Å². The van der Waals surface area contributed by atoms with E-state index in [1.807, 2.05) is 31.2 Å². The van der Waals surface area contributed by atoms with Gasteiger partial charge in [0, 0.05) is 5.56 Å². The Labute approximate surface area is 130 Å². The van der Waals surface area contributed by atoms with E-state index in [1.54, 1.807) is 6.07 Å². The van der Waals surface area contributed by atoms with Crippen molar-refractivity contribution >= 4 is 33.4 Å². The molecule has 0 aromatic heterocycles. The Bertz CT molecular complexity index is 618. The van der Waals surface area contributed by atoms with Crippen LogP contribution in [0.15, 0.2) is 40.9 Å². The Kier molecular flexibility index (Phi) is 4.68. The van der Waals surface area contributed by atoms with Crippen LogP contribution in [-0.4, -0.2) is 5.91 Å². The predicted molar refractivity (Wildman–Crippen MR) is 83.2 cm³/mol. The van der Waals surface area contributed by atoms with Crippen molar-refractivity contribution in [2.45, 2.75) is 13.5 Å². The van der Waals surface area contributed by atoms with Crippen molar-refractivity contribution < 1.29 is 9.53 Å². The lowest BCUT2D eigenvalue weighted by molar-refractivity contribution is 0.1000. The summed E-state index contributed by atoms with van der Waals surface area (Å²) < 4.78 is 6.30. The first-order valence-electron chi connectivity index (χ1n) is 5.94. The van der Waals surface area contributed by atoms with Gasteiger partial charge in [-0.15, -0.1) is 0 Å². The summed E-state index contributed by atoms with van der Waals surface area (Å²) in [5, 5.41) is 0.347. The molecule has 2 aromatic carbocycles. The van der Waals surface area contributed by atoms with Gasteiger partial charge in [0.1, 0.15) is 6.61 Å². The fourth-order valence-corrected chi connectivity index (χ4v) is 2.64. The second-order valence-corrected chi connectivity index (χ2v) is 5.67. The molecular weight excluding hydrogens is 342 g/mol. The molecule has 0 unspecified atom stereocenters. The monoisotopic (exact) mass is 353 g/mol. The maximum Gasteiger partial charge on any atom is 0.248 e. The molecule has 0 radical (unpaired) electrons. The molecule has 0 aliphatic rings. The smallest absolute Gasteiger partial charge is 0.248 e. The quantitative estimate of drug-likeness (QED) is 0.899. The third-order valence-electron chi connectivity index (χ3n) is 2.79. The van der Waals surface area contributed by atoms with Crippen LogP contribution in [0.1, 0.15) is 21.5 Å². The summed E-state index contributed by atoms with van der Waals surface area (Å²) in [5.41, 5.74) is 7.79. The highest BCUT2D eigenvalue weighted by Gasteiger charge is 2.12. The summed E-state index contributed by atoms with van der Waals surface area (Å²) in [5.74, 6) is -0.0325. The first-order chi connectivity index (χ1) is 9.47. The van der Waals surface area contributed by atoms with Crippen LogP contribution in [0.25, 0.3) is 0 Å². The molecule has 5 heteroatoms. The number of benzene rings is 2. The summed E-state index contributed by atoms with van der Waals surface area (Å²) in [6.45, 7) is 2.43. The van der Waals surface area contributed by atoms with Crippen molar-refractivity contribution in [2.24, 2.45) is 5.73 Å². The van der Waals surface area contributed by atoms with Crippen LogP contribution in [0.3, 0.4) is 0 Å². The molecule has 3 nitrogen and oxygen atoms in total. The summed E-state index contributed by atoms with van der Waals surface area (Å²) in [6.07, 6.45) is 0. The highest BCUT2D eigenvalue weighted by Crippen LogP contribution is 2.35. The molecule has 0 aliphatic carbocycles. The maximum atomic E-state index is 11.1. The Hall–Kier alpha value is -1.52. The number of amides is 1. The van der Waals surface area contributed by atoms with Gasteiger partial charge in [-0.1, -0.05) is 41.4 Å². The van der Waals surface area contributed by atoms with Gasteiger partial charge < -0.3 is 10.5 Å². The molecule has 20 heavy (non-hydrogen) atoms. The van der Waals surface area contributed by atoms with Crippen molar-refractivity contribution in [1.82, 2.24) is 0 Å². The standard InChI is InChI=1S/C15H13BrClNO2/c1-9-2-4-10(5-3-9)8-20-14-12(16)6-11(15(18)19)7-13(14)17/h2-7H,8H2,1H3,(H2,18,19). The lowest BCUT2D eigenvalue weighted by Crippen LogP contribution is -2.11. The summed E-state index contributed by atoms with van der Waals surface area (Å²) in [7, 11) is 0. The SMILES string of the molecule is Cc1ccc(COc2c(Cl)cc(C(N)=O)cc2Br)cc1. The number of primary amides is 1. The highest BCUT2D eigenvalue weighted by atomic mass is 79.9. The molecule has 0 heterocycles. The van der Waals surface area contributed by atoms with Crippen LogP contribution in [0.4, 0.5) is 0 Å². The molecule has 0 saturated heterocycles. The third-order valence-corrected chi connectivity index (χ3v) is 3.66. The zero-order valence-electron chi connectivity index (χ0n) is 10.8. The van der Waals surface area contributed by atoms with Crippen molar-refractivity contribution in [2.75, 3.05) is 0 Å². The molecule has 0 bridgehead atoms. The molecule has 2 rings (SSSR count). The highest BCUT2D eigenvalue weighted by molar-refractivity contribution is 9.10. The van der Waals surface area contributed by atoms with Crippen molar-refractivity contribution in [3.05, 3.63) is 62.6 Å². The van der Waals surface area contributed by atoms with Crippen molar-refractivity contribution in [3.63, 3.8) is 0 Å². The number of rotatable bonds is 4. The van der Waals surface area contributed by atoms with Crippen LogP contribution in [0.5, 0.6) is 5.75 Å². The maximum absolute atomic E-state index is 11.1. The van der Waals surface area contributed by atoms with E-state index in [9.17, 15) is 4.79 Å². The zero-order valence-corrected chi connectivity index (χ0v) is 13.2. The molecule has 2 N–H and O–H groups in total. The number of nitrogens with two attached hydrogens (primary N) is 1. The van der Waals surface area contributed by atoms with Gasteiger partial charge in [-0.05, 0) is 40.5 Å². The second-order valence-electron chi connectivity index (χ2n) is 4.41. The number of ether oxygens (including phenoxy) is 1. The first-order valence-corrected chi connectivity index (χ1v) is 7.11. The molecule has 0 atom stereocenters. The van der Waals surface area contributed by atoms with E-state index in [0.29, 0.717) is 27.4 Å². The molecule has 104 valence electrons. The fourth-order valence-electron chi connectivity index (χ4n) is 1.68. The number of hydrogen-bond donors (Lipinski definition) is 1. The predicted octanol–water partition coefficient (Wildman–Crippen LogP) is 4.09. The molecule has 0 spiro atoms. The van der Waals surface area contributed by atoms with E-state index in [2.05, 4.69) is 15.9 Å². The minimum Gasteiger partial charge on any atom is -0.486 e. The van der Waals surface area contributed by atoms with E-state index in [1.165, 1.54) is 11.6 Å². The second kappa shape index (κ2) is 6.29. The largest absolute Gasteiger partial charge is 0.486 e. The minimum atomic E-state index is -0.530. The van der Waals surface area contributed by atoms with E-state index in [0.717, 1.165) is 5.56 Å². The van der Waals surface area contributed by atoms with Gasteiger partial charge in [-0.2, -0.15) is 0 Å². The lowest BCUT2D eigenvalue weighted by Gasteiger charge is -2.11.